The first-order valence-corrected chi connectivity index (χ1v) is 9.56. The molecule has 0 aliphatic heterocycles. The van der Waals surface area contributed by atoms with Crippen LogP contribution in [0.4, 0.5) is 0 Å². The van der Waals surface area contributed by atoms with Crippen LogP contribution in [-0.4, -0.2) is 14.4 Å². The van der Waals surface area contributed by atoms with Crippen molar-refractivity contribution in [2.45, 2.75) is 51.4 Å². The Morgan fingerprint density at radius 2 is 1.87 bits per heavy atom. The molecular formula is C13H22OSi. The van der Waals surface area contributed by atoms with Gasteiger partial charge in [-0.25, -0.2) is 0 Å². The number of rotatable bonds is 4. The zero-order chi connectivity index (χ0) is 11.3. The largest absolute Gasteiger partial charge is 0.298 e. The Balaban J connectivity index is 2.61. The van der Waals surface area contributed by atoms with Gasteiger partial charge in [-0.3, -0.25) is 4.79 Å². The van der Waals surface area contributed by atoms with Gasteiger partial charge >= 0.3 is 0 Å². The molecule has 0 saturated heterocycles. The first-order valence-electron chi connectivity index (χ1n) is 5.85. The van der Waals surface area contributed by atoms with Crippen LogP contribution < -0.4 is 0 Å². The molecule has 15 heavy (non-hydrogen) atoms. The van der Waals surface area contributed by atoms with E-state index in [0.717, 1.165) is 17.9 Å². The van der Waals surface area contributed by atoms with Gasteiger partial charge in [0.1, 0.15) is 6.29 Å². The second-order valence-corrected chi connectivity index (χ2v) is 11.1. The van der Waals surface area contributed by atoms with Gasteiger partial charge in [0.25, 0.3) is 0 Å². The van der Waals surface area contributed by atoms with Crippen molar-refractivity contribution >= 4 is 14.4 Å². The maximum Gasteiger partial charge on any atom is 0.145 e. The molecule has 0 bridgehead atoms. The molecule has 1 aliphatic carbocycles. The zero-order valence-electron chi connectivity index (χ0n) is 10.2. The molecule has 0 aromatic rings. The maximum absolute atomic E-state index is 10.9. The number of carbonyl (C=O) groups excluding carboxylic acids is 1. The van der Waals surface area contributed by atoms with Gasteiger partial charge in [0.05, 0.1) is 0 Å². The lowest BCUT2D eigenvalue weighted by Gasteiger charge is -2.14. The van der Waals surface area contributed by atoms with Crippen LogP contribution in [0.2, 0.25) is 25.7 Å². The van der Waals surface area contributed by atoms with E-state index in [9.17, 15) is 4.79 Å². The van der Waals surface area contributed by atoms with E-state index < -0.39 is 8.07 Å². The molecule has 1 aliphatic rings. The lowest BCUT2D eigenvalue weighted by atomic mass is 10.2. The molecule has 0 amide bonds. The minimum atomic E-state index is -1.15. The van der Waals surface area contributed by atoms with Crippen molar-refractivity contribution in [2.75, 3.05) is 0 Å². The van der Waals surface area contributed by atoms with Crippen LogP contribution in [0.3, 0.4) is 0 Å². The minimum Gasteiger partial charge on any atom is -0.298 e. The van der Waals surface area contributed by atoms with Gasteiger partial charge in [-0.15, -0.1) is 0 Å². The minimum absolute atomic E-state index is 0.980. The number of hydrogen-bond donors (Lipinski definition) is 0. The second-order valence-electron chi connectivity index (χ2n) is 5.63. The summed E-state index contributed by atoms with van der Waals surface area (Å²) >= 11 is 0. The Hall–Kier alpha value is -0.633. The summed E-state index contributed by atoms with van der Waals surface area (Å²) in [4.78, 5) is 10.9. The first-order chi connectivity index (χ1) is 7.01. The molecule has 1 saturated carbocycles. The van der Waals surface area contributed by atoms with E-state index in [0.29, 0.717) is 0 Å². The van der Waals surface area contributed by atoms with E-state index in [1.54, 1.807) is 0 Å². The van der Waals surface area contributed by atoms with Crippen LogP contribution in [0.25, 0.3) is 0 Å². The SMILES string of the molecule is C[Si](C)(C)C/C(C=O)=C/C=C1CCCC1. The summed E-state index contributed by atoms with van der Waals surface area (Å²) in [5.74, 6) is 0. The fourth-order valence-corrected chi connectivity index (χ4v) is 3.40. The molecule has 2 heteroatoms. The van der Waals surface area contributed by atoms with Gasteiger partial charge in [0.15, 0.2) is 0 Å². The van der Waals surface area contributed by atoms with Gasteiger partial charge in [0.2, 0.25) is 0 Å². The molecule has 1 nitrogen and oxygen atoms in total. The van der Waals surface area contributed by atoms with E-state index in [2.05, 4.69) is 25.7 Å². The van der Waals surface area contributed by atoms with E-state index in [-0.39, 0.29) is 0 Å². The Bertz CT molecular complexity index is 273. The van der Waals surface area contributed by atoms with Gasteiger partial charge in [-0.2, -0.15) is 0 Å². The van der Waals surface area contributed by atoms with Crippen molar-refractivity contribution in [1.29, 1.82) is 0 Å². The number of hydrogen-bond acceptors (Lipinski definition) is 1. The molecule has 0 heterocycles. The highest BCUT2D eigenvalue weighted by Gasteiger charge is 2.14. The predicted octanol–water partition coefficient (Wildman–Crippen LogP) is 3.95. The van der Waals surface area contributed by atoms with Crippen LogP contribution in [0, 0.1) is 0 Å². The third kappa shape index (κ3) is 5.12. The summed E-state index contributed by atoms with van der Waals surface area (Å²) in [6.45, 7) is 6.90. The fraction of sp³-hybridized carbons (Fsp3) is 0.615. The van der Waals surface area contributed by atoms with E-state index >= 15 is 0 Å². The molecule has 1 fully saturated rings. The molecule has 0 unspecified atom stereocenters. The van der Waals surface area contributed by atoms with Crippen LogP contribution in [0.5, 0.6) is 0 Å². The molecule has 0 N–H and O–H groups in total. The summed E-state index contributed by atoms with van der Waals surface area (Å²) in [6.07, 6.45) is 10.4. The highest BCUT2D eigenvalue weighted by Crippen LogP contribution is 2.24. The summed E-state index contributed by atoms with van der Waals surface area (Å²) in [6, 6.07) is 1.00. The van der Waals surface area contributed by atoms with E-state index in [4.69, 9.17) is 0 Å². The van der Waals surface area contributed by atoms with Crippen LogP contribution in [0.1, 0.15) is 25.7 Å². The lowest BCUT2D eigenvalue weighted by molar-refractivity contribution is -0.104. The van der Waals surface area contributed by atoms with Gasteiger partial charge < -0.3 is 0 Å². The number of allylic oxidation sites excluding steroid dienone is 4. The standard InChI is InChI=1S/C13H22OSi/c1-15(2,3)11-13(10-14)9-8-12-6-4-5-7-12/h8-10H,4-7,11H2,1-3H3/b13-9+. The molecule has 0 aromatic carbocycles. The third-order valence-corrected chi connectivity index (χ3v) is 4.13. The number of carbonyl (C=O) groups is 1. The Labute approximate surface area is 94.3 Å². The summed E-state index contributed by atoms with van der Waals surface area (Å²) in [5.41, 5.74) is 2.50. The molecule has 84 valence electrons. The summed E-state index contributed by atoms with van der Waals surface area (Å²) in [7, 11) is -1.15. The van der Waals surface area contributed by atoms with Crippen LogP contribution in [-0.2, 0) is 4.79 Å². The zero-order valence-corrected chi connectivity index (χ0v) is 11.2. The van der Waals surface area contributed by atoms with Crippen molar-refractivity contribution in [3.63, 3.8) is 0 Å². The topological polar surface area (TPSA) is 17.1 Å². The Morgan fingerprint density at radius 3 is 2.33 bits per heavy atom. The molecule has 0 radical (unpaired) electrons. The molecule has 1 rings (SSSR count). The van der Waals surface area contributed by atoms with Crippen molar-refractivity contribution in [1.82, 2.24) is 0 Å². The third-order valence-electron chi connectivity index (χ3n) is 2.66. The molecule has 0 atom stereocenters. The van der Waals surface area contributed by atoms with Crippen molar-refractivity contribution in [2.24, 2.45) is 0 Å². The molecule has 0 aromatic heterocycles. The molecule has 0 spiro atoms. The normalized spacial score (nSPS) is 18.1. The van der Waals surface area contributed by atoms with E-state index in [1.807, 2.05) is 6.08 Å². The Morgan fingerprint density at radius 1 is 1.27 bits per heavy atom. The quantitative estimate of drug-likeness (QED) is 0.400. The average Bonchev–Trinajstić information content (AvgIpc) is 2.62. The van der Waals surface area contributed by atoms with Crippen LogP contribution in [0.15, 0.2) is 23.3 Å². The predicted molar refractivity (Wildman–Crippen MR) is 68.9 cm³/mol. The summed E-state index contributed by atoms with van der Waals surface area (Å²) < 4.78 is 0. The monoisotopic (exact) mass is 222 g/mol. The number of aldehydes is 1. The van der Waals surface area contributed by atoms with Crippen molar-refractivity contribution in [3.8, 4) is 0 Å². The van der Waals surface area contributed by atoms with Crippen molar-refractivity contribution < 1.29 is 4.79 Å². The fourth-order valence-electron chi connectivity index (χ4n) is 1.97. The smallest absolute Gasteiger partial charge is 0.145 e. The molecular weight excluding hydrogens is 200 g/mol. The van der Waals surface area contributed by atoms with Gasteiger partial charge in [-0.1, -0.05) is 37.4 Å². The lowest BCUT2D eigenvalue weighted by Crippen LogP contribution is -2.20. The van der Waals surface area contributed by atoms with Crippen LogP contribution >= 0.6 is 0 Å². The first kappa shape index (κ1) is 12.4. The van der Waals surface area contributed by atoms with Crippen molar-refractivity contribution in [3.05, 3.63) is 23.3 Å². The second kappa shape index (κ2) is 5.45. The highest BCUT2D eigenvalue weighted by atomic mass is 28.3. The van der Waals surface area contributed by atoms with Gasteiger partial charge in [0, 0.05) is 8.07 Å². The summed E-state index contributed by atoms with van der Waals surface area (Å²) in [5, 5.41) is 0. The van der Waals surface area contributed by atoms with Gasteiger partial charge in [-0.05, 0) is 37.3 Å². The highest BCUT2D eigenvalue weighted by molar-refractivity contribution is 6.76. The Kier molecular flexibility index (Phi) is 4.52. The maximum atomic E-state index is 10.9. The average molecular weight is 222 g/mol. The van der Waals surface area contributed by atoms with E-state index in [1.165, 1.54) is 31.3 Å².